The highest BCUT2D eigenvalue weighted by molar-refractivity contribution is 5.86. The first-order valence-electron chi connectivity index (χ1n) is 8.94. The topological polar surface area (TPSA) is 28.4 Å². The molecule has 3 aromatic rings. The van der Waals surface area contributed by atoms with Crippen molar-refractivity contribution in [3.8, 4) is 0 Å². The second-order valence-electron chi connectivity index (χ2n) is 7.58. The van der Waals surface area contributed by atoms with Crippen molar-refractivity contribution in [2.45, 2.75) is 39.0 Å². The Hall–Kier alpha value is -2.10. The van der Waals surface area contributed by atoms with Crippen LogP contribution in [0.5, 0.6) is 0 Å². The molecule has 3 nitrogen and oxygen atoms in total. The van der Waals surface area contributed by atoms with Crippen LogP contribution in [0.4, 0.5) is 0 Å². The third kappa shape index (κ3) is 2.88. The van der Waals surface area contributed by atoms with Crippen LogP contribution in [-0.4, -0.2) is 28.2 Å². The number of aliphatic hydroxyl groups is 1. The fourth-order valence-electron chi connectivity index (χ4n) is 4.02. The average Bonchev–Trinajstić information content (AvgIpc) is 2.88. The SMILES string of the molecule is Cc1ccc2c(c1)c1c(n2CC(C)(O)c2cc[c]cc2)CCN(C)C1. The lowest BCUT2D eigenvalue weighted by molar-refractivity contribution is 0.0385. The first-order chi connectivity index (χ1) is 12.0. The minimum absolute atomic E-state index is 0.565. The Morgan fingerprint density at radius 1 is 1.20 bits per heavy atom. The third-order valence-electron chi connectivity index (χ3n) is 5.41. The molecule has 4 rings (SSSR count). The zero-order chi connectivity index (χ0) is 17.6. The molecule has 1 aliphatic heterocycles. The molecule has 1 atom stereocenters. The molecule has 2 aromatic carbocycles. The van der Waals surface area contributed by atoms with Gasteiger partial charge in [0.1, 0.15) is 5.60 Å². The Balaban J connectivity index is 1.85. The van der Waals surface area contributed by atoms with Crippen molar-refractivity contribution in [1.82, 2.24) is 9.47 Å². The van der Waals surface area contributed by atoms with Crippen LogP contribution >= 0.6 is 0 Å². The highest BCUT2D eigenvalue weighted by Gasteiger charge is 2.29. The van der Waals surface area contributed by atoms with Crippen molar-refractivity contribution in [2.24, 2.45) is 0 Å². The highest BCUT2D eigenvalue weighted by atomic mass is 16.3. The number of benzene rings is 2. The number of aromatic nitrogens is 1. The molecule has 2 heterocycles. The molecular formula is C22H25N2O. The van der Waals surface area contributed by atoms with Crippen molar-refractivity contribution in [1.29, 1.82) is 0 Å². The van der Waals surface area contributed by atoms with Crippen molar-refractivity contribution < 1.29 is 5.11 Å². The average molecular weight is 333 g/mol. The maximum atomic E-state index is 11.2. The van der Waals surface area contributed by atoms with E-state index in [0.717, 1.165) is 25.1 Å². The maximum Gasteiger partial charge on any atom is 0.105 e. The summed E-state index contributed by atoms with van der Waals surface area (Å²) in [7, 11) is 2.18. The standard InChI is InChI=1S/C22H25N2O/c1-16-9-10-20-18(13-16)19-14-23(3)12-11-21(19)24(20)15-22(2,25)17-7-5-4-6-8-17/h5-10,13,25H,11-12,14-15H2,1-3H3. The van der Waals surface area contributed by atoms with Gasteiger partial charge in [-0.05, 0) is 50.2 Å². The number of hydrogen-bond donors (Lipinski definition) is 1. The van der Waals surface area contributed by atoms with E-state index in [4.69, 9.17) is 0 Å². The minimum Gasteiger partial charge on any atom is -0.384 e. The first kappa shape index (κ1) is 16.4. The zero-order valence-electron chi connectivity index (χ0n) is 15.2. The van der Waals surface area contributed by atoms with Crippen LogP contribution in [0.2, 0.25) is 0 Å². The number of rotatable bonds is 3. The van der Waals surface area contributed by atoms with Gasteiger partial charge < -0.3 is 14.6 Å². The first-order valence-corrected chi connectivity index (χ1v) is 8.94. The fraction of sp³-hybridized carbons (Fsp3) is 0.364. The van der Waals surface area contributed by atoms with Crippen LogP contribution in [0, 0.1) is 13.0 Å². The van der Waals surface area contributed by atoms with Crippen LogP contribution in [0.15, 0.2) is 42.5 Å². The van der Waals surface area contributed by atoms with Gasteiger partial charge >= 0.3 is 0 Å². The molecule has 0 spiro atoms. The molecule has 0 aliphatic carbocycles. The Morgan fingerprint density at radius 3 is 2.72 bits per heavy atom. The third-order valence-corrected chi connectivity index (χ3v) is 5.41. The molecule has 1 aliphatic rings. The van der Waals surface area contributed by atoms with Crippen molar-refractivity contribution in [3.63, 3.8) is 0 Å². The molecule has 0 saturated heterocycles. The summed E-state index contributed by atoms with van der Waals surface area (Å²) >= 11 is 0. The minimum atomic E-state index is -0.914. The summed E-state index contributed by atoms with van der Waals surface area (Å²) in [4.78, 5) is 2.37. The smallest absolute Gasteiger partial charge is 0.105 e. The van der Waals surface area contributed by atoms with Gasteiger partial charge in [0.2, 0.25) is 0 Å². The number of likely N-dealkylation sites (N-methyl/N-ethyl adjacent to an activating group) is 1. The molecule has 1 unspecified atom stereocenters. The van der Waals surface area contributed by atoms with Gasteiger partial charge in [-0.1, -0.05) is 35.9 Å². The van der Waals surface area contributed by atoms with Crippen LogP contribution < -0.4 is 0 Å². The van der Waals surface area contributed by atoms with E-state index in [0.29, 0.717) is 6.54 Å². The van der Waals surface area contributed by atoms with Crippen molar-refractivity contribution >= 4 is 10.9 Å². The van der Waals surface area contributed by atoms with E-state index in [1.54, 1.807) is 0 Å². The zero-order valence-corrected chi connectivity index (χ0v) is 15.2. The van der Waals surface area contributed by atoms with Crippen LogP contribution in [-0.2, 0) is 25.1 Å². The lowest BCUT2D eigenvalue weighted by Crippen LogP contribution is -2.31. The van der Waals surface area contributed by atoms with Gasteiger partial charge in [0.05, 0.1) is 6.54 Å². The summed E-state index contributed by atoms with van der Waals surface area (Å²) in [6.07, 6.45) is 1.03. The quantitative estimate of drug-likeness (QED) is 0.792. The summed E-state index contributed by atoms with van der Waals surface area (Å²) in [5.74, 6) is 0. The summed E-state index contributed by atoms with van der Waals surface area (Å²) in [6, 6.07) is 17.3. The molecular weight excluding hydrogens is 308 g/mol. The Kier molecular flexibility index (Phi) is 3.94. The molecule has 1 radical (unpaired) electrons. The Morgan fingerprint density at radius 2 is 1.96 bits per heavy atom. The van der Waals surface area contributed by atoms with E-state index >= 15 is 0 Å². The summed E-state index contributed by atoms with van der Waals surface area (Å²) < 4.78 is 2.34. The molecule has 0 bridgehead atoms. The Labute approximate surface area is 149 Å². The van der Waals surface area contributed by atoms with Gasteiger partial charge in [-0.3, -0.25) is 0 Å². The number of fused-ring (bicyclic) bond motifs is 3. The van der Waals surface area contributed by atoms with Gasteiger partial charge in [0, 0.05) is 36.1 Å². The summed E-state index contributed by atoms with van der Waals surface area (Å²) in [5.41, 5.74) is 5.33. The van der Waals surface area contributed by atoms with Gasteiger partial charge in [-0.2, -0.15) is 0 Å². The van der Waals surface area contributed by atoms with Crippen molar-refractivity contribution in [2.75, 3.05) is 13.6 Å². The molecule has 1 aromatic heterocycles. The lowest BCUT2D eigenvalue weighted by atomic mass is 9.95. The van der Waals surface area contributed by atoms with Gasteiger partial charge in [0.15, 0.2) is 0 Å². The Bertz CT molecular complexity index is 909. The number of aryl methyl sites for hydroxylation is 1. The van der Waals surface area contributed by atoms with Crippen molar-refractivity contribution in [3.05, 3.63) is 70.9 Å². The molecule has 3 heteroatoms. The van der Waals surface area contributed by atoms with E-state index in [1.165, 1.54) is 27.7 Å². The van der Waals surface area contributed by atoms with Crippen LogP contribution in [0.1, 0.15) is 29.3 Å². The van der Waals surface area contributed by atoms with E-state index in [1.807, 2.05) is 31.2 Å². The van der Waals surface area contributed by atoms with Gasteiger partial charge in [0.25, 0.3) is 0 Å². The highest BCUT2D eigenvalue weighted by Crippen LogP contribution is 2.34. The van der Waals surface area contributed by atoms with Crippen LogP contribution in [0.25, 0.3) is 10.9 Å². The molecule has 0 amide bonds. The fourth-order valence-corrected chi connectivity index (χ4v) is 4.02. The molecule has 25 heavy (non-hydrogen) atoms. The van der Waals surface area contributed by atoms with E-state index in [9.17, 15) is 5.11 Å². The number of hydrogen-bond acceptors (Lipinski definition) is 2. The second kappa shape index (κ2) is 6.01. The molecule has 129 valence electrons. The monoisotopic (exact) mass is 333 g/mol. The molecule has 0 fully saturated rings. The number of nitrogens with zero attached hydrogens (tertiary/aromatic N) is 2. The lowest BCUT2D eigenvalue weighted by Gasteiger charge is -2.29. The predicted molar refractivity (Wildman–Crippen MR) is 102 cm³/mol. The summed E-state index contributed by atoms with van der Waals surface area (Å²) in [6.45, 7) is 6.65. The van der Waals surface area contributed by atoms with E-state index in [-0.39, 0.29) is 0 Å². The molecule has 1 N–H and O–H groups in total. The van der Waals surface area contributed by atoms with Gasteiger partial charge in [-0.15, -0.1) is 0 Å². The van der Waals surface area contributed by atoms with Crippen LogP contribution in [0.3, 0.4) is 0 Å². The predicted octanol–water partition coefficient (Wildman–Crippen LogP) is 3.65. The summed E-state index contributed by atoms with van der Waals surface area (Å²) in [5, 5.41) is 12.5. The van der Waals surface area contributed by atoms with E-state index in [2.05, 4.69) is 47.7 Å². The van der Waals surface area contributed by atoms with Gasteiger partial charge in [-0.25, -0.2) is 0 Å². The second-order valence-corrected chi connectivity index (χ2v) is 7.58. The largest absolute Gasteiger partial charge is 0.384 e. The molecule has 0 saturated carbocycles. The maximum absolute atomic E-state index is 11.2. The normalized spacial score (nSPS) is 17.4. The van der Waals surface area contributed by atoms with E-state index < -0.39 is 5.60 Å².